The summed E-state index contributed by atoms with van der Waals surface area (Å²) in [7, 11) is -3.38. The molecule has 140 valence electrons. The van der Waals surface area contributed by atoms with Gasteiger partial charge in [0.2, 0.25) is 0 Å². The molecule has 0 saturated carbocycles. The number of hydrogen-bond acceptors (Lipinski definition) is 6. The minimum Gasteiger partial charge on any atom is -0.465 e. The number of carbonyl (C=O) groups is 1. The first-order chi connectivity index (χ1) is 12.4. The number of ether oxygens (including phenoxy) is 1. The number of benzene rings is 1. The standard InChI is InChI=1S/C17H21N3O5S/c18-8-13-2-4-16(5-3-13)26(23,24)7-1-6-19-9-14-11-20(17(21)22)12-15(10-19)25-14/h2-5,14-15H,1,6-7,9-12H2,(H,21,22). The van der Waals surface area contributed by atoms with Gasteiger partial charge < -0.3 is 14.7 Å². The highest BCUT2D eigenvalue weighted by Gasteiger charge is 2.36. The zero-order chi connectivity index (χ0) is 18.7. The van der Waals surface area contributed by atoms with Crippen molar-refractivity contribution < 1.29 is 23.1 Å². The molecule has 1 amide bonds. The highest BCUT2D eigenvalue weighted by atomic mass is 32.2. The van der Waals surface area contributed by atoms with Gasteiger partial charge in [-0.15, -0.1) is 0 Å². The quantitative estimate of drug-likeness (QED) is 0.805. The number of nitriles is 1. The maximum Gasteiger partial charge on any atom is 0.407 e. The lowest BCUT2D eigenvalue weighted by molar-refractivity contribution is -0.131. The van der Waals surface area contributed by atoms with E-state index in [1.54, 1.807) is 0 Å². The predicted octanol–water partition coefficient (Wildman–Crippen LogP) is 0.785. The lowest BCUT2D eigenvalue weighted by Gasteiger charge is -2.44. The second kappa shape index (κ2) is 7.61. The molecule has 2 saturated heterocycles. The van der Waals surface area contributed by atoms with Crippen LogP contribution in [0.15, 0.2) is 29.2 Å². The molecule has 1 aromatic carbocycles. The van der Waals surface area contributed by atoms with E-state index in [1.165, 1.54) is 29.2 Å². The van der Waals surface area contributed by atoms with Gasteiger partial charge in [-0.2, -0.15) is 5.26 Å². The molecule has 0 aromatic heterocycles. The second-order valence-corrected chi connectivity index (χ2v) is 8.74. The summed E-state index contributed by atoms with van der Waals surface area (Å²) in [6.45, 7) is 2.55. The van der Waals surface area contributed by atoms with Crippen LogP contribution in [0.25, 0.3) is 0 Å². The molecule has 3 rings (SSSR count). The van der Waals surface area contributed by atoms with Crippen molar-refractivity contribution in [2.45, 2.75) is 23.5 Å². The summed E-state index contributed by atoms with van der Waals surface area (Å²) < 4.78 is 30.6. The van der Waals surface area contributed by atoms with Gasteiger partial charge in [-0.25, -0.2) is 13.2 Å². The topological polar surface area (TPSA) is 111 Å². The molecule has 2 heterocycles. The van der Waals surface area contributed by atoms with E-state index < -0.39 is 15.9 Å². The first-order valence-corrected chi connectivity index (χ1v) is 10.1. The minimum atomic E-state index is -3.38. The van der Waals surface area contributed by atoms with Gasteiger partial charge in [0.1, 0.15) is 0 Å². The van der Waals surface area contributed by atoms with E-state index in [4.69, 9.17) is 15.1 Å². The summed E-state index contributed by atoms with van der Waals surface area (Å²) in [6.07, 6.45) is -0.752. The lowest BCUT2D eigenvalue weighted by atomic mass is 10.1. The van der Waals surface area contributed by atoms with Crippen LogP contribution in [0.5, 0.6) is 0 Å². The fourth-order valence-electron chi connectivity index (χ4n) is 3.45. The summed E-state index contributed by atoms with van der Waals surface area (Å²) in [6, 6.07) is 7.91. The molecule has 2 fully saturated rings. The number of sulfone groups is 1. The Bertz CT molecular complexity index is 789. The molecule has 2 aliphatic rings. The Balaban J connectivity index is 1.51. The number of amides is 1. The van der Waals surface area contributed by atoms with Crippen molar-refractivity contribution in [3.05, 3.63) is 29.8 Å². The normalized spacial score (nSPS) is 23.4. The Morgan fingerprint density at radius 3 is 2.35 bits per heavy atom. The molecular formula is C17H21N3O5S. The highest BCUT2D eigenvalue weighted by Crippen LogP contribution is 2.20. The summed E-state index contributed by atoms with van der Waals surface area (Å²) in [5.41, 5.74) is 0.430. The van der Waals surface area contributed by atoms with Crippen molar-refractivity contribution in [3.63, 3.8) is 0 Å². The predicted molar refractivity (Wildman–Crippen MR) is 92.5 cm³/mol. The van der Waals surface area contributed by atoms with Gasteiger partial charge in [0.05, 0.1) is 47.6 Å². The molecule has 9 heteroatoms. The van der Waals surface area contributed by atoms with Crippen molar-refractivity contribution in [1.29, 1.82) is 5.26 Å². The van der Waals surface area contributed by atoms with Crippen molar-refractivity contribution in [3.8, 4) is 6.07 Å². The SMILES string of the molecule is N#Cc1ccc(S(=O)(=O)CCCN2CC3CN(C(=O)O)CC(C2)O3)cc1. The average Bonchev–Trinajstić information content (AvgIpc) is 2.60. The number of fused-ring (bicyclic) bond motifs is 2. The van der Waals surface area contributed by atoms with E-state index in [2.05, 4.69) is 4.90 Å². The zero-order valence-electron chi connectivity index (χ0n) is 14.2. The number of hydrogen-bond donors (Lipinski definition) is 1. The molecule has 2 aliphatic heterocycles. The third-order valence-electron chi connectivity index (χ3n) is 4.66. The number of morpholine rings is 2. The Hall–Kier alpha value is -2.15. The van der Waals surface area contributed by atoms with Gasteiger partial charge in [0.25, 0.3) is 0 Å². The van der Waals surface area contributed by atoms with Crippen LogP contribution < -0.4 is 0 Å². The molecule has 8 nitrogen and oxygen atoms in total. The summed E-state index contributed by atoms with van der Waals surface area (Å²) >= 11 is 0. The van der Waals surface area contributed by atoms with Crippen molar-refractivity contribution >= 4 is 15.9 Å². The van der Waals surface area contributed by atoms with E-state index in [1.807, 2.05) is 6.07 Å². The molecule has 0 aliphatic carbocycles. The van der Waals surface area contributed by atoms with E-state index >= 15 is 0 Å². The van der Waals surface area contributed by atoms with Crippen molar-refractivity contribution in [1.82, 2.24) is 9.80 Å². The van der Waals surface area contributed by atoms with Crippen LogP contribution in [0.1, 0.15) is 12.0 Å². The second-order valence-electron chi connectivity index (χ2n) is 6.64. The van der Waals surface area contributed by atoms with Crippen LogP contribution in [-0.2, 0) is 14.6 Å². The number of carboxylic acid groups (broad SMARTS) is 1. The number of nitrogens with zero attached hydrogens (tertiary/aromatic N) is 3. The molecule has 0 radical (unpaired) electrons. The molecule has 2 atom stereocenters. The van der Waals surface area contributed by atoms with Gasteiger partial charge in [0.15, 0.2) is 9.84 Å². The third-order valence-corrected chi connectivity index (χ3v) is 6.47. The van der Waals surface area contributed by atoms with Crippen LogP contribution in [0.3, 0.4) is 0 Å². The van der Waals surface area contributed by atoms with Crippen LogP contribution in [0, 0.1) is 11.3 Å². The maximum atomic E-state index is 12.4. The summed E-state index contributed by atoms with van der Waals surface area (Å²) in [4.78, 5) is 14.9. The minimum absolute atomic E-state index is 0.0346. The Labute approximate surface area is 152 Å². The lowest BCUT2D eigenvalue weighted by Crippen LogP contribution is -2.60. The molecular weight excluding hydrogens is 358 g/mol. The molecule has 1 N–H and O–H groups in total. The Morgan fingerprint density at radius 1 is 1.19 bits per heavy atom. The maximum absolute atomic E-state index is 12.4. The average molecular weight is 379 g/mol. The Kier molecular flexibility index (Phi) is 5.46. The van der Waals surface area contributed by atoms with Crippen molar-refractivity contribution in [2.24, 2.45) is 0 Å². The smallest absolute Gasteiger partial charge is 0.407 e. The first-order valence-electron chi connectivity index (χ1n) is 8.46. The summed E-state index contributed by atoms with van der Waals surface area (Å²) in [5, 5.41) is 17.9. The zero-order valence-corrected chi connectivity index (χ0v) is 15.1. The van der Waals surface area contributed by atoms with E-state index in [0.717, 1.165) is 0 Å². The molecule has 1 aromatic rings. The fraction of sp³-hybridized carbons (Fsp3) is 0.529. The molecule has 2 unspecified atom stereocenters. The molecule has 0 spiro atoms. The molecule has 2 bridgehead atoms. The number of rotatable bonds is 5. The summed E-state index contributed by atoms with van der Waals surface area (Å²) in [5.74, 6) is 0.0346. The van der Waals surface area contributed by atoms with Gasteiger partial charge in [0, 0.05) is 13.1 Å². The van der Waals surface area contributed by atoms with Gasteiger partial charge in [-0.05, 0) is 37.2 Å². The van der Waals surface area contributed by atoms with Crippen LogP contribution in [0.2, 0.25) is 0 Å². The van der Waals surface area contributed by atoms with Crippen LogP contribution >= 0.6 is 0 Å². The monoisotopic (exact) mass is 379 g/mol. The van der Waals surface area contributed by atoms with Gasteiger partial charge in [-0.1, -0.05) is 0 Å². The van der Waals surface area contributed by atoms with Crippen LogP contribution in [0.4, 0.5) is 4.79 Å². The van der Waals surface area contributed by atoms with Crippen LogP contribution in [-0.4, -0.2) is 80.1 Å². The largest absolute Gasteiger partial charge is 0.465 e. The highest BCUT2D eigenvalue weighted by molar-refractivity contribution is 7.91. The molecule has 26 heavy (non-hydrogen) atoms. The van der Waals surface area contributed by atoms with E-state index in [9.17, 15) is 13.2 Å². The van der Waals surface area contributed by atoms with E-state index in [-0.39, 0.29) is 22.9 Å². The van der Waals surface area contributed by atoms with Gasteiger partial charge in [-0.3, -0.25) is 4.90 Å². The van der Waals surface area contributed by atoms with E-state index in [0.29, 0.717) is 44.7 Å². The third kappa shape index (κ3) is 4.33. The van der Waals surface area contributed by atoms with Crippen molar-refractivity contribution in [2.75, 3.05) is 38.5 Å². The first kappa shape index (κ1) is 18.6. The Morgan fingerprint density at radius 2 is 1.81 bits per heavy atom. The van der Waals surface area contributed by atoms with Gasteiger partial charge >= 0.3 is 6.09 Å². The fourth-order valence-corrected chi connectivity index (χ4v) is 4.74.